The van der Waals surface area contributed by atoms with Gasteiger partial charge in [0.2, 0.25) is 0 Å². The zero-order valence-corrected chi connectivity index (χ0v) is 10.7. The van der Waals surface area contributed by atoms with E-state index in [9.17, 15) is 24.1 Å². The Hall–Kier alpha value is -2.71. The average Bonchev–Trinajstić information content (AvgIpc) is 3.22. The normalized spacial score (nSPS) is 15.1. The molecule has 9 heteroatoms. The molecule has 1 unspecified atom stereocenters. The van der Waals surface area contributed by atoms with E-state index in [4.69, 9.17) is 5.11 Å². The molecule has 1 aliphatic rings. The van der Waals surface area contributed by atoms with Gasteiger partial charge in [-0.2, -0.15) is 0 Å². The number of carbonyl (C=O) groups is 2. The molecule has 1 atom stereocenters. The third-order valence-corrected chi connectivity index (χ3v) is 3.06. The summed E-state index contributed by atoms with van der Waals surface area (Å²) in [5.74, 6) is -2.16. The van der Waals surface area contributed by atoms with Gasteiger partial charge in [0.1, 0.15) is 11.9 Å². The van der Waals surface area contributed by atoms with Crippen molar-refractivity contribution in [3.8, 4) is 0 Å². The molecule has 8 nitrogen and oxygen atoms in total. The summed E-state index contributed by atoms with van der Waals surface area (Å²) in [5, 5.41) is 23.9. The summed E-state index contributed by atoms with van der Waals surface area (Å²) in [6, 6.07) is 0.703. The van der Waals surface area contributed by atoms with Gasteiger partial charge in [-0.15, -0.1) is 0 Å². The lowest BCUT2D eigenvalue weighted by atomic mass is 10.2. The van der Waals surface area contributed by atoms with Crippen LogP contribution in [0, 0.1) is 21.8 Å². The summed E-state index contributed by atoms with van der Waals surface area (Å²) in [6.07, 6.45) is 1.39. The van der Waals surface area contributed by atoms with Crippen LogP contribution in [0.1, 0.15) is 12.8 Å². The number of nitrogens with zero attached hydrogens (tertiary/aromatic N) is 1. The zero-order chi connectivity index (χ0) is 15.6. The number of hydrogen-bond donors (Lipinski definition) is 3. The van der Waals surface area contributed by atoms with Gasteiger partial charge in [0, 0.05) is 12.1 Å². The highest BCUT2D eigenvalue weighted by Gasteiger charge is 2.37. The van der Waals surface area contributed by atoms with Crippen LogP contribution in [0.4, 0.5) is 20.6 Å². The molecule has 0 bridgehead atoms. The smallest absolute Gasteiger partial charge is 0.326 e. The monoisotopic (exact) mass is 297 g/mol. The van der Waals surface area contributed by atoms with Gasteiger partial charge < -0.3 is 15.7 Å². The Morgan fingerprint density at radius 1 is 1.43 bits per heavy atom. The molecule has 0 heterocycles. The quantitative estimate of drug-likeness (QED) is 0.564. The maximum Gasteiger partial charge on any atom is 0.326 e. The minimum atomic E-state index is -1.17. The van der Waals surface area contributed by atoms with Gasteiger partial charge in [-0.3, -0.25) is 10.1 Å². The van der Waals surface area contributed by atoms with E-state index in [0.717, 1.165) is 18.2 Å². The molecular weight excluding hydrogens is 285 g/mol. The lowest BCUT2D eigenvalue weighted by Gasteiger charge is -2.14. The van der Waals surface area contributed by atoms with Gasteiger partial charge in [0.05, 0.1) is 10.6 Å². The van der Waals surface area contributed by atoms with E-state index in [-0.39, 0.29) is 17.3 Å². The predicted octanol–water partition coefficient (Wildman–Crippen LogP) is 1.72. The Kier molecular flexibility index (Phi) is 4.01. The number of urea groups is 1. The Labute approximate surface area is 118 Å². The van der Waals surface area contributed by atoms with Crippen LogP contribution in [0.2, 0.25) is 0 Å². The molecule has 112 valence electrons. The summed E-state index contributed by atoms with van der Waals surface area (Å²) in [7, 11) is 0. The van der Waals surface area contributed by atoms with Crippen molar-refractivity contribution in [3.05, 3.63) is 34.1 Å². The number of anilines is 1. The maximum absolute atomic E-state index is 13.5. The van der Waals surface area contributed by atoms with E-state index in [1.165, 1.54) is 0 Å². The van der Waals surface area contributed by atoms with Crippen molar-refractivity contribution >= 4 is 23.4 Å². The molecule has 1 saturated carbocycles. The number of carbonyl (C=O) groups excluding carboxylic acids is 1. The lowest BCUT2D eigenvalue weighted by molar-refractivity contribution is -0.384. The van der Waals surface area contributed by atoms with Gasteiger partial charge in [-0.25, -0.2) is 14.0 Å². The van der Waals surface area contributed by atoms with Crippen molar-refractivity contribution < 1.29 is 24.0 Å². The first-order chi connectivity index (χ1) is 9.88. The minimum absolute atomic E-state index is 0.136. The molecule has 2 rings (SSSR count). The summed E-state index contributed by atoms with van der Waals surface area (Å²) >= 11 is 0. The Morgan fingerprint density at radius 2 is 2.10 bits per heavy atom. The highest BCUT2D eigenvalue weighted by atomic mass is 19.1. The van der Waals surface area contributed by atoms with Gasteiger partial charge >= 0.3 is 12.0 Å². The average molecular weight is 297 g/mol. The van der Waals surface area contributed by atoms with Crippen molar-refractivity contribution in [3.63, 3.8) is 0 Å². The van der Waals surface area contributed by atoms with Crippen LogP contribution in [-0.4, -0.2) is 28.1 Å². The minimum Gasteiger partial charge on any atom is -0.480 e. The molecule has 0 radical (unpaired) electrons. The lowest BCUT2D eigenvalue weighted by Crippen LogP contribution is -2.44. The third-order valence-electron chi connectivity index (χ3n) is 3.06. The summed E-state index contributed by atoms with van der Waals surface area (Å²) in [6.45, 7) is 0. The molecule has 21 heavy (non-hydrogen) atoms. The fourth-order valence-electron chi connectivity index (χ4n) is 1.83. The van der Waals surface area contributed by atoms with Crippen LogP contribution < -0.4 is 10.6 Å². The molecule has 0 aliphatic heterocycles. The molecular formula is C12H12FN3O5. The first-order valence-corrected chi connectivity index (χ1v) is 6.12. The van der Waals surface area contributed by atoms with Crippen LogP contribution in [-0.2, 0) is 4.79 Å². The largest absolute Gasteiger partial charge is 0.480 e. The van der Waals surface area contributed by atoms with E-state index < -0.39 is 28.8 Å². The number of amides is 2. The van der Waals surface area contributed by atoms with Gasteiger partial charge in [0.15, 0.2) is 0 Å². The highest BCUT2D eigenvalue weighted by Crippen LogP contribution is 2.32. The number of aliphatic carboxylic acids is 1. The SMILES string of the molecule is O=C(Nc1cc([N+](=O)[O-])ccc1F)NC(C(=O)O)C1CC1. The number of nitro benzene ring substituents is 1. The van der Waals surface area contributed by atoms with Crippen LogP contribution >= 0.6 is 0 Å². The van der Waals surface area contributed by atoms with E-state index in [0.29, 0.717) is 12.8 Å². The second kappa shape index (κ2) is 5.73. The van der Waals surface area contributed by atoms with Gasteiger partial charge in [0.25, 0.3) is 5.69 Å². The number of benzene rings is 1. The fraction of sp³-hybridized carbons (Fsp3) is 0.333. The van der Waals surface area contributed by atoms with Crippen LogP contribution in [0.25, 0.3) is 0 Å². The van der Waals surface area contributed by atoms with Gasteiger partial charge in [-0.05, 0) is 24.8 Å². The highest BCUT2D eigenvalue weighted by molar-refractivity contribution is 5.92. The van der Waals surface area contributed by atoms with Crippen LogP contribution in [0.15, 0.2) is 18.2 Å². The molecule has 1 aromatic carbocycles. The number of halogens is 1. The Morgan fingerprint density at radius 3 is 2.62 bits per heavy atom. The topological polar surface area (TPSA) is 122 Å². The molecule has 2 amide bonds. The number of hydrogen-bond acceptors (Lipinski definition) is 4. The van der Waals surface area contributed by atoms with Crippen LogP contribution in [0.5, 0.6) is 0 Å². The predicted molar refractivity (Wildman–Crippen MR) is 69.4 cm³/mol. The summed E-state index contributed by atoms with van der Waals surface area (Å²) in [4.78, 5) is 32.5. The van der Waals surface area contributed by atoms with Crippen molar-refractivity contribution in [1.82, 2.24) is 5.32 Å². The number of nitro groups is 1. The van der Waals surface area contributed by atoms with Crippen LogP contribution in [0.3, 0.4) is 0 Å². The Bertz CT molecular complexity index is 603. The van der Waals surface area contributed by atoms with E-state index in [1.807, 2.05) is 0 Å². The van der Waals surface area contributed by atoms with Crippen molar-refractivity contribution in [2.45, 2.75) is 18.9 Å². The van der Waals surface area contributed by atoms with Gasteiger partial charge in [-0.1, -0.05) is 0 Å². The summed E-state index contributed by atoms with van der Waals surface area (Å²) in [5.41, 5.74) is -0.773. The molecule has 1 aromatic rings. The number of rotatable bonds is 5. The molecule has 3 N–H and O–H groups in total. The van der Waals surface area contributed by atoms with Crippen molar-refractivity contribution in [2.24, 2.45) is 5.92 Å². The maximum atomic E-state index is 13.5. The van der Waals surface area contributed by atoms with Crippen molar-refractivity contribution in [1.29, 1.82) is 0 Å². The standard InChI is InChI=1S/C12H12FN3O5/c13-8-4-3-7(16(20)21)5-9(8)14-12(19)15-10(11(17)18)6-1-2-6/h3-6,10H,1-2H2,(H,17,18)(H2,14,15,19). The number of non-ortho nitro benzene ring substituents is 1. The molecule has 0 saturated heterocycles. The molecule has 1 aliphatic carbocycles. The number of nitrogens with one attached hydrogen (secondary N) is 2. The second-order valence-electron chi connectivity index (χ2n) is 4.67. The van der Waals surface area contributed by atoms with Crippen molar-refractivity contribution in [2.75, 3.05) is 5.32 Å². The number of carboxylic acid groups (broad SMARTS) is 1. The first-order valence-electron chi connectivity index (χ1n) is 6.12. The summed E-state index contributed by atoms with van der Waals surface area (Å²) < 4.78 is 13.5. The third kappa shape index (κ3) is 3.65. The van der Waals surface area contributed by atoms with E-state index in [2.05, 4.69) is 10.6 Å². The Balaban J connectivity index is 2.06. The molecule has 0 spiro atoms. The second-order valence-corrected chi connectivity index (χ2v) is 4.67. The molecule has 0 aromatic heterocycles. The number of carboxylic acids is 1. The first kappa shape index (κ1) is 14.7. The zero-order valence-electron chi connectivity index (χ0n) is 10.7. The van der Waals surface area contributed by atoms with E-state index >= 15 is 0 Å². The fourth-order valence-corrected chi connectivity index (χ4v) is 1.83. The molecule has 1 fully saturated rings. The van der Waals surface area contributed by atoms with E-state index in [1.54, 1.807) is 0 Å².